The Kier molecular flexibility index (Phi) is 5.29. The summed E-state index contributed by atoms with van der Waals surface area (Å²) in [7, 11) is 0. The van der Waals surface area contributed by atoms with E-state index in [1.54, 1.807) is 36.1 Å². The van der Waals surface area contributed by atoms with Crippen molar-refractivity contribution >= 4 is 34.9 Å². The highest BCUT2D eigenvalue weighted by atomic mass is 32.2. The van der Waals surface area contributed by atoms with E-state index in [2.05, 4.69) is 27.2 Å². The number of anilines is 1. The molecule has 0 saturated carbocycles. The first kappa shape index (κ1) is 14.0. The van der Waals surface area contributed by atoms with Crippen molar-refractivity contribution in [3.63, 3.8) is 0 Å². The lowest BCUT2D eigenvalue weighted by Gasteiger charge is -2.04. The number of thioether (sulfide) groups is 1. The lowest BCUT2D eigenvalue weighted by molar-refractivity contribution is 0.252. The fourth-order valence-electron chi connectivity index (χ4n) is 1.39. The lowest BCUT2D eigenvalue weighted by Crippen LogP contribution is -2.30. The van der Waals surface area contributed by atoms with E-state index in [4.69, 9.17) is 4.52 Å². The molecule has 2 aromatic rings. The Balaban J connectivity index is 1.56. The Morgan fingerprint density at radius 3 is 3.16 bits per heavy atom. The topological polar surface area (TPSA) is 67.2 Å². The molecular formula is C12H15N3O2S2. The average molecular weight is 297 g/mol. The highest BCUT2D eigenvalue weighted by molar-refractivity contribution is 7.98. The van der Waals surface area contributed by atoms with Crippen molar-refractivity contribution in [1.29, 1.82) is 0 Å². The molecule has 2 aromatic heterocycles. The Bertz CT molecular complexity index is 511. The summed E-state index contributed by atoms with van der Waals surface area (Å²) in [6, 6.07) is 5.58. The number of amides is 2. The van der Waals surface area contributed by atoms with Crippen molar-refractivity contribution in [2.24, 2.45) is 0 Å². The Morgan fingerprint density at radius 2 is 2.47 bits per heavy atom. The van der Waals surface area contributed by atoms with Crippen LogP contribution in [0.25, 0.3) is 0 Å². The van der Waals surface area contributed by atoms with E-state index in [0.29, 0.717) is 18.1 Å². The molecule has 0 fully saturated rings. The van der Waals surface area contributed by atoms with Gasteiger partial charge in [-0.1, -0.05) is 11.2 Å². The number of hydrogen-bond acceptors (Lipinski definition) is 5. The van der Waals surface area contributed by atoms with Gasteiger partial charge in [0.2, 0.25) is 0 Å². The molecule has 102 valence electrons. The predicted molar refractivity (Wildman–Crippen MR) is 78.7 cm³/mol. The molecule has 7 heteroatoms. The number of thiophene rings is 1. The van der Waals surface area contributed by atoms with Gasteiger partial charge in [0, 0.05) is 29.0 Å². The van der Waals surface area contributed by atoms with Gasteiger partial charge in [-0.05, 0) is 18.4 Å². The standard InChI is InChI=1S/C12H15N3O2S2/c1-9-7-11(15-17-9)14-12(16)13-4-6-18-8-10-3-2-5-19-10/h2-3,5,7H,4,6,8H2,1H3,(H2,13,14,15,16). The molecule has 0 spiro atoms. The Morgan fingerprint density at radius 1 is 1.58 bits per heavy atom. The average Bonchev–Trinajstić information content (AvgIpc) is 3.01. The minimum atomic E-state index is -0.259. The van der Waals surface area contributed by atoms with Gasteiger partial charge in [0.25, 0.3) is 0 Å². The maximum atomic E-state index is 11.5. The third-order valence-corrected chi connectivity index (χ3v) is 4.29. The molecule has 0 aliphatic rings. The number of urea groups is 1. The lowest BCUT2D eigenvalue weighted by atomic mass is 10.5. The first-order valence-corrected chi connectivity index (χ1v) is 7.86. The fourth-order valence-corrected chi connectivity index (χ4v) is 3.09. The third kappa shape index (κ3) is 4.96. The van der Waals surface area contributed by atoms with Crippen LogP contribution < -0.4 is 10.6 Å². The van der Waals surface area contributed by atoms with Gasteiger partial charge in [0.05, 0.1) is 0 Å². The number of nitrogens with one attached hydrogen (secondary N) is 2. The zero-order chi connectivity index (χ0) is 13.5. The molecule has 0 aliphatic carbocycles. The number of aromatic nitrogens is 1. The van der Waals surface area contributed by atoms with Crippen LogP contribution >= 0.6 is 23.1 Å². The van der Waals surface area contributed by atoms with Gasteiger partial charge in [-0.2, -0.15) is 11.8 Å². The molecule has 0 aliphatic heterocycles. The summed E-state index contributed by atoms with van der Waals surface area (Å²) in [5.41, 5.74) is 0. The second-order valence-corrected chi connectivity index (χ2v) is 5.97. The van der Waals surface area contributed by atoms with Crippen LogP contribution in [0.2, 0.25) is 0 Å². The van der Waals surface area contributed by atoms with E-state index in [0.717, 1.165) is 11.5 Å². The van der Waals surface area contributed by atoms with Gasteiger partial charge in [-0.3, -0.25) is 5.32 Å². The number of aryl methyl sites for hydroxylation is 1. The quantitative estimate of drug-likeness (QED) is 0.804. The van der Waals surface area contributed by atoms with E-state index in [9.17, 15) is 4.79 Å². The van der Waals surface area contributed by atoms with Gasteiger partial charge in [-0.25, -0.2) is 4.79 Å². The van der Waals surface area contributed by atoms with Gasteiger partial charge < -0.3 is 9.84 Å². The molecule has 2 heterocycles. The largest absolute Gasteiger partial charge is 0.360 e. The van der Waals surface area contributed by atoms with Crippen molar-refractivity contribution in [3.05, 3.63) is 34.2 Å². The van der Waals surface area contributed by atoms with Gasteiger partial charge in [0.1, 0.15) is 5.76 Å². The van der Waals surface area contributed by atoms with E-state index >= 15 is 0 Å². The summed E-state index contributed by atoms with van der Waals surface area (Å²) in [5, 5.41) is 11.1. The van der Waals surface area contributed by atoms with E-state index in [1.165, 1.54) is 4.88 Å². The molecule has 2 N–H and O–H groups in total. The maximum absolute atomic E-state index is 11.5. The highest BCUT2D eigenvalue weighted by Crippen LogP contribution is 2.16. The summed E-state index contributed by atoms with van der Waals surface area (Å²) in [6.45, 7) is 2.40. The molecular weight excluding hydrogens is 282 g/mol. The highest BCUT2D eigenvalue weighted by Gasteiger charge is 2.04. The van der Waals surface area contributed by atoms with Gasteiger partial charge >= 0.3 is 6.03 Å². The third-order valence-electron chi connectivity index (χ3n) is 2.23. The summed E-state index contributed by atoms with van der Waals surface area (Å²) >= 11 is 3.55. The summed E-state index contributed by atoms with van der Waals surface area (Å²) in [5.74, 6) is 2.97. The van der Waals surface area contributed by atoms with Gasteiger partial charge in [-0.15, -0.1) is 11.3 Å². The number of carbonyl (C=O) groups excluding carboxylic acids is 1. The molecule has 2 amide bonds. The molecule has 0 bridgehead atoms. The normalized spacial score (nSPS) is 10.4. The molecule has 0 radical (unpaired) electrons. The Hall–Kier alpha value is -1.47. The van der Waals surface area contributed by atoms with Crippen molar-refractivity contribution < 1.29 is 9.32 Å². The zero-order valence-corrected chi connectivity index (χ0v) is 12.1. The second-order valence-electron chi connectivity index (χ2n) is 3.84. The zero-order valence-electron chi connectivity index (χ0n) is 10.5. The minimum Gasteiger partial charge on any atom is -0.360 e. The van der Waals surface area contributed by atoms with Crippen LogP contribution in [0.15, 0.2) is 28.1 Å². The molecule has 2 rings (SSSR count). The van der Waals surface area contributed by atoms with Crippen molar-refractivity contribution in [2.45, 2.75) is 12.7 Å². The maximum Gasteiger partial charge on any atom is 0.320 e. The van der Waals surface area contributed by atoms with Gasteiger partial charge in [0.15, 0.2) is 5.82 Å². The first-order valence-electron chi connectivity index (χ1n) is 5.82. The van der Waals surface area contributed by atoms with E-state index in [-0.39, 0.29) is 6.03 Å². The van der Waals surface area contributed by atoms with Crippen LogP contribution in [-0.4, -0.2) is 23.5 Å². The minimum absolute atomic E-state index is 0.259. The second kappa shape index (κ2) is 7.20. The molecule has 19 heavy (non-hydrogen) atoms. The van der Waals surface area contributed by atoms with E-state index < -0.39 is 0 Å². The van der Waals surface area contributed by atoms with Crippen LogP contribution in [-0.2, 0) is 5.75 Å². The molecule has 0 atom stereocenters. The van der Waals surface area contributed by atoms with Crippen molar-refractivity contribution in [2.75, 3.05) is 17.6 Å². The van der Waals surface area contributed by atoms with Crippen LogP contribution in [0.3, 0.4) is 0 Å². The van der Waals surface area contributed by atoms with Crippen molar-refractivity contribution in [1.82, 2.24) is 10.5 Å². The number of nitrogens with zero attached hydrogens (tertiary/aromatic N) is 1. The number of carbonyl (C=O) groups is 1. The summed E-state index contributed by atoms with van der Waals surface area (Å²) in [6.07, 6.45) is 0. The molecule has 0 unspecified atom stereocenters. The monoisotopic (exact) mass is 297 g/mol. The van der Waals surface area contributed by atoms with E-state index in [1.807, 2.05) is 6.07 Å². The SMILES string of the molecule is Cc1cc(NC(=O)NCCSCc2cccs2)no1. The summed E-state index contributed by atoms with van der Waals surface area (Å²) < 4.78 is 4.85. The smallest absolute Gasteiger partial charge is 0.320 e. The van der Waals surface area contributed by atoms with Crippen LogP contribution in [0.1, 0.15) is 10.6 Å². The van der Waals surface area contributed by atoms with Crippen molar-refractivity contribution in [3.8, 4) is 0 Å². The molecule has 5 nitrogen and oxygen atoms in total. The van der Waals surface area contributed by atoms with Crippen LogP contribution in [0, 0.1) is 6.92 Å². The first-order chi connectivity index (χ1) is 9.24. The Labute approximate surface area is 119 Å². The van der Waals surface area contributed by atoms with Crippen LogP contribution in [0.4, 0.5) is 10.6 Å². The molecule has 0 saturated heterocycles. The molecule has 0 aromatic carbocycles. The number of hydrogen-bond donors (Lipinski definition) is 2. The predicted octanol–water partition coefficient (Wildman–Crippen LogP) is 3.10. The van der Waals surface area contributed by atoms with Crippen LogP contribution in [0.5, 0.6) is 0 Å². The fraction of sp³-hybridized carbons (Fsp3) is 0.333. The summed E-state index contributed by atoms with van der Waals surface area (Å²) in [4.78, 5) is 12.9. The number of rotatable bonds is 6.